The molecule has 3 N–H and O–H groups in total. The van der Waals surface area contributed by atoms with Crippen LogP contribution in [0, 0.1) is 12.7 Å². The van der Waals surface area contributed by atoms with Gasteiger partial charge in [0.15, 0.2) is 5.96 Å². The molecule has 1 unspecified atom stereocenters. The van der Waals surface area contributed by atoms with Crippen molar-refractivity contribution in [2.45, 2.75) is 26.3 Å². The smallest absolute Gasteiger partial charge is 0.191 e. The molecule has 180 valence electrons. The minimum absolute atomic E-state index is 0. The van der Waals surface area contributed by atoms with Gasteiger partial charge in [0.1, 0.15) is 17.3 Å². The highest BCUT2D eigenvalue weighted by atomic mass is 127. The first-order valence-corrected chi connectivity index (χ1v) is 11.3. The highest BCUT2D eigenvalue weighted by molar-refractivity contribution is 14.0. The topological polar surface area (TPSA) is 77.8 Å². The van der Waals surface area contributed by atoms with Gasteiger partial charge in [0.05, 0.1) is 25.8 Å². The molecule has 3 heterocycles. The summed E-state index contributed by atoms with van der Waals surface area (Å²) in [7, 11) is 0. The molecule has 1 aromatic carbocycles. The van der Waals surface area contributed by atoms with E-state index in [1.54, 1.807) is 12.1 Å². The molecule has 0 aliphatic carbocycles. The number of hydrogen-bond donors (Lipinski definition) is 3. The van der Waals surface area contributed by atoms with Gasteiger partial charge in [0.25, 0.3) is 0 Å². The molecule has 0 radical (unpaired) electrons. The molecule has 0 saturated carbocycles. The maximum atomic E-state index is 13.6. The molecule has 9 heteroatoms. The first kappa shape index (κ1) is 25.5. The first-order chi connectivity index (χ1) is 15.6. The number of nitrogens with one attached hydrogen (secondary N) is 3. The van der Waals surface area contributed by atoms with Gasteiger partial charge in [-0.1, -0.05) is 0 Å². The van der Waals surface area contributed by atoms with Crippen LogP contribution in [-0.2, 0) is 11.2 Å². The van der Waals surface area contributed by atoms with Crippen LogP contribution in [0.3, 0.4) is 0 Å². The Morgan fingerprint density at radius 1 is 1.21 bits per heavy atom. The number of benzene rings is 1. The Balaban J connectivity index is 0.00000306. The van der Waals surface area contributed by atoms with Crippen molar-refractivity contribution in [1.29, 1.82) is 0 Å². The molecule has 33 heavy (non-hydrogen) atoms. The van der Waals surface area contributed by atoms with Crippen molar-refractivity contribution in [3.05, 3.63) is 59.4 Å². The van der Waals surface area contributed by atoms with Crippen molar-refractivity contribution >= 4 is 40.8 Å². The number of guanidine groups is 1. The molecule has 0 bridgehead atoms. The predicted octanol–water partition coefficient (Wildman–Crippen LogP) is 4.00. The third-order valence-corrected chi connectivity index (χ3v) is 5.76. The molecular formula is C24H33FIN5O2. The number of hydrogen-bond acceptors (Lipinski definition) is 4. The van der Waals surface area contributed by atoms with Gasteiger partial charge in [-0.05, 0) is 56.2 Å². The Labute approximate surface area is 211 Å². The van der Waals surface area contributed by atoms with Crippen LogP contribution in [0.2, 0.25) is 0 Å². The lowest BCUT2D eigenvalue weighted by Crippen LogP contribution is -2.42. The van der Waals surface area contributed by atoms with Crippen molar-refractivity contribution in [2.24, 2.45) is 4.99 Å². The Bertz CT molecular complexity index is 1040. The van der Waals surface area contributed by atoms with Crippen LogP contribution in [0.15, 0.2) is 45.9 Å². The molecule has 0 amide bonds. The van der Waals surface area contributed by atoms with Crippen LogP contribution in [0.1, 0.15) is 30.0 Å². The second-order valence-electron chi connectivity index (χ2n) is 8.01. The fraction of sp³-hybridized carbons (Fsp3) is 0.458. The second kappa shape index (κ2) is 12.4. The Morgan fingerprint density at radius 3 is 2.76 bits per heavy atom. The Morgan fingerprint density at radius 2 is 2.03 bits per heavy atom. The Kier molecular flexibility index (Phi) is 9.57. The maximum Gasteiger partial charge on any atom is 0.191 e. The van der Waals surface area contributed by atoms with Gasteiger partial charge in [-0.2, -0.15) is 0 Å². The summed E-state index contributed by atoms with van der Waals surface area (Å²) in [4.78, 5) is 10.4. The lowest BCUT2D eigenvalue weighted by Gasteiger charge is -2.32. The third-order valence-electron chi connectivity index (χ3n) is 5.76. The number of aryl methyl sites for hydroxylation is 1. The minimum atomic E-state index is -0.219. The highest BCUT2D eigenvalue weighted by Crippen LogP contribution is 2.24. The van der Waals surface area contributed by atoms with E-state index in [4.69, 9.17) is 14.1 Å². The van der Waals surface area contributed by atoms with Gasteiger partial charge in [-0.15, -0.1) is 24.0 Å². The summed E-state index contributed by atoms with van der Waals surface area (Å²) in [5, 5.41) is 7.66. The molecule has 2 aromatic heterocycles. The lowest BCUT2D eigenvalue weighted by atomic mass is 10.1. The SMILES string of the molecule is CCNC(=NCC(c1ccc(C)o1)N1CCOCC1)NCCc1c[nH]c2ccc(F)cc12.I. The quantitative estimate of drug-likeness (QED) is 0.217. The van der Waals surface area contributed by atoms with Gasteiger partial charge >= 0.3 is 0 Å². The maximum absolute atomic E-state index is 13.6. The summed E-state index contributed by atoms with van der Waals surface area (Å²) in [6.07, 6.45) is 2.71. The molecule has 4 rings (SSSR count). The third kappa shape index (κ3) is 6.70. The fourth-order valence-corrected chi connectivity index (χ4v) is 4.10. The normalized spacial score (nSPS) is 15.9. The number of rotatable bonds is 8. The monoisotopic (exact) mass is 569 g/mol. The molecule has 3 aromatic rings. The lowest BCUT2D eigenvalue weighted by molar-refractivity contribution is 0.0135. The minimum Gasteiger partial charge on any atom is -0.465 e. The van der Waals surface area contributed by atoms with E-state index in [1.807, 2.05) is 25.3 Å². The van der Waals surface area contributed by atoms with Crippen LogP contribution in [0.4, 0.5) is 4.39 Å². The van der Waals surface area contributed by atoms with E-state index in [-0.39, 0.29) is 35.8 Å². The van der Waals surface area contributed by atoms with Gasteiger partial charge in [-0.3, -0.25) is 9.89 Å². The average Bonchev–Trinajstić information content (AvgIpc) is 3.40. The van der Waals surface area contributed by atoms with Crippen molar-refractivity contribution in [3.8, 4) is 0 Å². The van der Waals surface area contributed by atoms with Crippen LogP contribution >= 0.6 is 24.0 Å². The number of fused-ring (bicyclic) bond motifs is 1. The largest absolute Gasteiger partial charge is 0.465 e. The summed E-state index contributed by atoms with van der Waals surface area (Å²) >= 11 is 0. The number of morpholine rings is 1. The zero-order valence-corrected chi connectivity index (χ0v) is 21.5. The number of halogens is 2. The van der Waals surface area contributed by atoms with Crippen LogP contribution in [0.5, 0.6) is 0 Å². The van der Waals surface area contributed by atoms with E-state index >= 15 is 0 Å². The fourth-order valence-electron chi connectivity index (χ4n) is 4.10. The molecule has 1 aliphatic heterocycles. The van der Waals surface area contributed by atoms with Gasteiger partial charge in [0, 0.05) is 43.3 Å². The first-order valence-electron chi connectivity index (χ1n) is 11.3. The van der Waals surface area contributed by atoms with Crippen LogP contribution < -0.4 is 10.6 Å². The van der Waals surface area contributed by atoms with Crippen LogP contribution in [0.25, 0.3) is 10.9 Å². The zero-order valence-electron chi connectivity index (χ0n) is 19.2. The van der Waals surface area contributed by atoms with Gasteiger partial charge in [-0.25, -0.2) is 4.39 Å². The molecule has 1 saturated heterocycles. The number of aromatic nitrogens is 1. The van der Waals surface area contributed by atoms with Crippen molar-refractivity contribution < 1.29 is 13.5 Å². The van der Waals surface area contributed by atoms with Crippen molar-refractivity contribution in [3.63, 3.8) is 0 Å². The van der Waals surface area contributed by atoms with E-state index in [2.05, 4.69) is 27.4 Å². The molecule has 7 nitrogen and oxygen atoms in total. The van der Waals surface area contributed by atoms with Crippen molar-refractivity contribution in [2.75, 3.05) is 45.9 Å². The Hall–Kier alpha value is -2.11. The summed E-state index contributed by atoms with van der Waals surface area (Å²) in [5.41, 5.74) is 2.03. The number of aromatic amines is 1. The number of ether oxygens (including phenoxy) is 1. The van der Waals surface area contributed by atoms with Gasteiger partial charge < -0.3 is 24.8 Å². The number of furan rings is 1. The standard InChI is InChI=1S/C24H32FN5O2.HI/c1-3-26-24(27-9-8-18-15-28-21-6-5-19(25)14-20(18)21)29-16-22(23-7-4-17(2)32-23)30-10-12-31-13-11-30;/h4-7,14-15,22,28H,3,8-13,16H2,1-2H3,(H2,26,27,29);1H. The summed E-state index contributed by atoms with van der Waals surface area (Å²) in [6.45, 7) is 9.24. The number of nitrogens with zero attached hydrogens (tertiary/aromatic N) is 2. The highest BCUT2D eigenvalue weighted by Gasteiger charge is 2.25. The predicted molar refractivity (Wildman–Crippen MR) is 140 cm³/mol. The molecule has 1 atom stereocenters. The van der Waals surface area contributed by atoms with E-state index in [0.717, 1.165) is 73.2 Å². The number of aliphatic imine (C=N–C) groups is 1. The summed E-state index contributed by atoms with van der Waals surface area (Å²) in [5.74, 6) is 2.39. The number of H-pyrrole nitrogens is 1. The molecule has 1 aliphatic rings. The zero-order chi connectivity index (χ0) is 22.3. The van der Waals surface area contributed by atoms with E-state index in [0.29, 0.717) is 13.1 Å². The van der Waals surface area contributed by atoms with E-state index in [1.165, 1.54) is 6.07 Å². The van der Waals surface area contributed by atoms with E-state index in [9.17, 15) is 4.39 Å². The summed E-state index contributed by atoms with van der Waals surface area (Å²) < 4.78 is 25.1. The molecular weight excluding hydrogens is 536 g/mol. The van der Waals surface area contributed by atoms with Crippen LogP contribution in [-0.4, -0.2) is 61.8 Å². The molecule has 1 fully saturated rings. The van der Waals surface area contributed by atoms with E-state index < -0.39 is 0 Å². The second-order valence-corrected chi connectivity index (χ2v) is 8.01. The van der Waals surface area contributed by atoms with Gasteiger partial charge in [0.2, 0.25) is 0 Å². The van der Waals surface area contributed by atoms with Crippen molar-refractivity contribution in [1.82, 2.24) is 20.5 Å². The summed E-state index contributed by atoms with van der Waals surface area (Å²) in [6, 6.07) is 8.94. The molecule has 0 spiro atoms. The average molecular weight is 569 g/mol.